The molecule has 2 rings (SSSR count). The lowest BCUT2D eigenvalue weighted by Crippen LogP contribution is -2.21. The van der Waals surface area contributed by atoms with Crippen molar-refractivity contribution in [2.24, 2.45) is 0 Å². The third-order valence-electron chi connectivity index (χ3n) is 2.50. The van der Waals surface area contributed by atoms with Crippen LogP contribution in [0.2, 0.25) is 0 Å². The first-order valence-electron chi connectivity index (χ1n) is 4.91. The third-order valence-corrected chi connectivity index (χ3v) is 4.28. The Bertz CT molecular complexity index is 788. The Kier molecular flexibility index (Phi) is 3.13. The molecule has 0 aromatic rings. The predicted molar refractivity (Wildman–Crippen MR) is 65.4 cm³/mol. The van der Waals surface area contributed by atoms with Gasteiger partial charge in [-0.2, -0.15) is 16.8 Å². The molecule has 0 aromatic carbocycles. The molecule has 0 radical (unpaired) electrons. The molecule has 0 heterocycles. The Labute approximate surface area is 113 Å². The van der Waals surface area contributed by atoms with Gasteiger partial charge in [-0.1, -0.05) is 0 Å². The van der Waals surface area contributed by atoms with Crippen LogP contribution < -0.4 is 0 Å². The first-order chi connectivity index (χ1) is 9.00. The second kappa shape index (κ2) is 4.31. The zero-order chi connectivity index (χ0) is 15.3. The van der Waals surface area contributed by atoms with Crippen molar-refractivity contribution in [3.8, 4) is 0 Å². The van der Waals surface area contributed by atoms with Crippen molar-refractivity contribution in [1.82, 2.24) is 0 Å². The largest absolute Gasteiger partial charge is 0.295 e. The molecule has 2 aliphatic rings. The van der Waals surface area contributed by atoms with E-state index in [0.29, 0.717) is 12.2 Å². The predicted octanol–water partition coefficient (Wildman–Crippen LogP) is -0.452. The van der Waals surface area contributed by atoms with Gasteiger partial charge in [0.2, 0.25) is 0 Å². The zero-order valence-corrected chi connectivity index (χ0v) is 11.1. The van der Waals surface area contributed by atoms with Crippen LogP contribution in [0.3, 0.4) is 0 Å². The van der Waals surface area contributed by atoms with Crippen LogP contribution in [0, 0.1) is 0 Å². The normalized spacial score (nSPS) is 19.7. The first-order valence-corrected chi connectivity index (χ1v) is 7.79. The van der Waals surface area contributed by atoms with Crippen molar-refractivity contribution >= 4 is 31.8 Å². The summed E-state index contributed by atoms with van der Waals surface area (Å²) in [4.78, 5) is 21.0. The second-order valence-corrected chi connectivity index (χ2v) is 6.67. The number of hydrogen-bond acceptors (Lipinski definition) is 6. The van der Waals surface area contributed by atoms with E-state index in [0.717, 1.165) is 12.2 Å². The van der Waals surface area contributed by atoms with Crippen LogP contribution in [0.5, 0.6) is 0 Å². The number of fused-ring (bicyclic) bond motifs is 1. The van der Waals surface area contributed by atoms with Crippen molar-refractivity contribution in [3.05, 3.63) is 45.3 Å². The van der Waals surface area contributed by atoms with Gasteiger partial charge in [-0.25, -0.2) is 0 Å². The number of carbonyl (C=O) groups is 2. The second-order valence-electron chi connectivity index (χ2n) is 3.89. The van der Waals surface area contributed by atoms with Gasteiger partial charge in [0.25, 0.3) is 20.2 Å². The number of allylic oxidation sites excluding steroid dienone is 6. The fraction of sp³-hybridized carbons (Fsp3) is 0. The van der Waals surface area contributed by atoms with E-state index in [1.807, 2.05) is 0 Å². The lowest BCUT2D eigenvalue weighted by atomic mass is 9.93. The summed E-state index contributed by atoms with van der Waals surface area (Å²) in [5.74, 6) is -1.82. The van der Waals surface area contributed by atoms with E-state index in [4.69, 9.17) is 9.11 Å². The van der Waals surface area contributed by atoms with Gasteiger partial charge in [0.1, 0.15) is 9.81 Å². The van der Waals surface area contributed by atoms with Gasteiger partial charge in [0, 0.05) is 23.3 Å². The Morgan fingerprint density at radius 2 is 0.950 bits per heavy atom. The Balaban J connectivity index is 2.76. The van der Waals surface area contributed by atoms with E-state index in [1.54, 1.807) is 0 Å². The highest BCUT2D eigenvalue weighted by Gasteiger charge is 2.35. The van der Waals surface area contributed by atoms with E-state index in [-0.39, 0.29) is 0 Å². The van der Waals surface area contributed by atoms with Gasteiger partial charge in [0.15, 0.2) is 11.6 Å². The molecular weight excluding hydrogens is 312 g/mol. The van der Waals surface area contributed by atoms with E-state index >= 15 is 0 Å². The molecule has 0 amide bonds. The molecule has 10 heteroatoms. The monoisotopic (exact) mass is 318 g/mol. The summed E-state index contributed by atoms with van der Waals surface area (Å²) in [6, 6.07) is 0. The highest BCUT2D eigenvalue weighted by Crippen LogP contribution is 2.36. The zero-order valence-electron chi connectivity index (χ0n) is 9.47. The molecule has 20 heavy (non-hydrogen) atoms. The van der Waals surface area contributed by atoms with E-state index in [1.165, 1.54) is 0 Å². The lowest BCUT2D eigenvalue weighted by molar-refractivity contribution is -0.111. The fourth-order valence-corrected chi connectivity index (χ4v) is 3.20. The van der Waals surface area contributed by atoms with Crippen LogP contribution in [-0.4, -0.2) is 37.5 Å². The molecule has 0 saturated carbocycles. The van der Waals surface area contributed by atoms with Gasteiger partial charge in [-0.05, 0) is 12.2 Å². The smallest absolute Gasteiger partial charge is 0.290 e. The maximum atomic E-state index is 11.4. The van der Waals surface area contributed by atoms with Crippen LogP contribution in [0.25, 0.3) is 0 Å². The molecule has 0 spiro atoms. The summed E-state index contributed by atoms with van der Waals surface area (Å²) >= 11 is 0. The maximum Gasteiger partial charge on any atom is 0.295 e. The molecule has 2 aliphatic carbocycles. The van der Waals surface area contributed by atoms with Crippen LogP contribution in [-0.2, 0) is 29.8 Å². The van der Waals surface area contributed by atoms with Gasteiger partial charge >= 0.3 is 0 Å². The summed E-state index contributed by atoms with van der Waals surface area (Å²) in [6.45, 7) is 0. The van der Waals surface area contributed by atoms with Crippen molar-refractivity contribution in [2.75, 3.05) is 0 Å². The molecule has 8 nitrogen and oxygen atoms in total. The quantitative estimate of drug-likeness (QED) is 0.651. The summed E-state index contributed by atoms with van der Waals surface area (Å²) in [7, 11) is -9.69. The van der Waals surface area contributed by atoms with Gasteiger partial charge < -0.3 is 0 Å². The molecule has 2 N–H and O–H groups in total. The number of ketones is 2. The molecule has 0 atom stereocenters. The molecule has 106 valence electrons. The van der Waals surface area contributed by atoms with Crippen LogP contribution in [0.4, 0.5) is 0 Å². The summed E-state index contributed by atoms with van der Waals surface area (Å²) in [5, 5.41) is 0. The minimum Gasteiger partial charge on any atom is -0.290 e. The van der Waals surface area contributed by atoms with Crippen LogP contribution in [0.1, 0.15) is 0 Å². The number of hydrogen-bond donors (Lipinski definition) is 2. The Morgan fingerprint density at radius 3 is 1.20 bits per heavy atom. The van der Waals surface area contributed by atoms with Crippen molar-refractivity contribution in [2.45, 2.75) is 0 Å². The minimum absolute atomic E-state index is 0.466. The first kappa shape index (κ1) is 14.5. The Morgan fingerprint density at radius 1 is 0.650 bits per heavy atom. The van der Waals surface area contributed by atoms with E-state index in [2.05, 4.69) is 0 Å². The fourth-order valence-electron chi connectivity index (χ4n) is 1.77. The summed E-state index contributed by atoms with van der Waals surface area (Å²) in [5.41, 5.74) is -0.931. The van der Waals surface area contributed by atoms with Crippen LogP contribution >= 0.6 is 0 Å². The Hall–Kier alpha value is -1.88. The molecular formula is C10H6O8S2. The van der Waals surface area contributed by atoms with E-state index < -0.39 is 52.8 Å². The van der Waals surface area contributed by atoms with Crippen LogP contribution in [0.15, 0.2) is 45.3 Å². The lowest BCUT2D eigenvalue weighted by Gasteiger charge is -2.20. The molecule has 0 fully saturated rings. The average molecular weight is 318 g/mol. The summed E-state index contributed by atoms with van der Waals surface area (Å²) in [6.07, 6.45) is 2.58. The topological polar surface area (TPSA) is 143 Å². The molecule has 0 saturated heterocycles. The van der Waals surface area contributed by atoms with E-state index in [9.17, 15) is 26.4 Å². The highest BCUT2D eigenvalue weighted by atomic mass is 32.2. The standard InChI is InChI=1S/C10H6O8S2/c11-5-1-7-8(10(3-5)20(16,17)18)2-6(12)4-9(7)19(13,14)15/h1-4H,(H,13,14,15)(H,16,17,18). The van der Waals surface area contributed by atoms with Crippen molar-refractivity contribution in [1.29, 1.82) is 0 Å². The molecule has 0 aliphatic heterocycles. The van der Waals surface area contributed by atoms with Gasteiger partial charge in [-0.3, -0.25) is 18.7 Å². The summed E-state index contributed by atoms with van der Waals surface area (Å²) < 4.78 is 62.7. The number of rotatable bonds is 2. The SMILES string of the molecule is O=C1C=C2C(=CC(=O)C=C2S(=O)(=O)O)C(S(=O)(=O)O)=C1. The maximum absolute atomic E-state index is 11.4. The van der Waals surface area contributed by atoms with Crippen molar-refractivity contribution < 1.29 is 35.5 Å². The molecule has 0 bridgehead atoms. The molecule has 0 unspecified atom stereocenters. The van der Waals surface area contributed by atoms with Gasteiger partial charge in [-0.15, -0.1) is 0 Å². The van der Waals surface area contributed by atoms with Crippen molar-refractivity contribution in [3.63, 3.8) is 0 Å². The molecule has 0 aromatic heterocycles. The minimum atomic E-state index is -4.85. The third kappa shape index (κ3) is 2.54. The number of carbonyl (C=O) groups excluding carboxylic acids is 2. The average Bonchev–Trinajstić information content (AvgIpc) is 2.25. The van der Waals surface area contributed by atoms with Gasteiger partial charge in [0.05, 0.1) is 0 Å². The highest BCUT2D eigenvalue weighted by molar-refractivity contribution is 7.90.